The monoisotopic (exact) mass is 385 g/mol. The molecule has 5 nitrogen and oxygen atoms in total. The lowest BCUT2D eigenvalue weighted by molar-refractivity contribution is 0.600. The molecule has 1 heterocycles. The summed E-state index contributed by atoms with van der Waals surface area (Å²) in [5, 5.41) is 3.06. The van der Waals surface area contributed by atoms with E-state index in [-0.39, 0.29) is 17.4 Å². The molecule has 0 fully saturated rings. The van der Waals surface area contributed by atoms with Crippen molar-refractivity contribution in [2.24, 2.45) is 0 Å². The van der Waals surface area contributed by atoms with Crippen molar-refractivity contribution in [3.63, 3.8) is 0 Å². The fraction of sp³-hybridized carbons (Fsp3) is 0.150. The van der Waals surface area contributed by atoms with Gasteiger partial charge in [0.1, 0.15) is 11.6 Å². The molecule has 0 unspecified atom stereocenters. The molecule has 140 valence electrons. The smallest absolute Gasteiger partial charge is 0.234 e. The number of nitrogens with one attached hydrogen (secondary N) is 2. The van der Waals surface area contributed by atoms with Crippen LogP contribution >= 0.6 is 0 Å². The molecule has 0 spiro atoms. The van der Waals surface area contributed by atoms with Gasteiger partial charge in [-0.05, 0) is 30.2 Å². The van der Waals surface area contributed by atoms with Crippen LogP contribution in [-0.4, -0.2) is 19.2 Å². The molecule has 0 aliphatic rings. The number of hydrogen-bond acceptors (Lipinski definition) is 4. The van der Waals surface area contributed by atoms with Gasteiger partial charge in [0.2, 0.25) is 10.0 Å². The third-order valence-electron chi connectivity index (χ3n) is 3.97. The van der Waals surface area contributed by atoms with E-state index in [9.17, 15) is 12.8 Å². The summed E-state index contributed by atoms with van der Waals surface area (Å²) in [6.45, 7) is 0.316. The Balaban J connectivity index is 1.54. The highest BCUT2D eigenvalue weighted by molar-refractivity contribution is 7.92. The fourth-order valence-corrected chi connectivity index (χ4v) is 3.55. The van der Waals surface area contributed by atoms with Crippen molar-refractivity contribution in [3.05, 3.63) is 89.9 Å². The number of sulfonamides is 1. The Morgan fingerprint density at radius 3 is 2.37 bits per heavy atom. The second-order valence-corrected chi connectivity index (χ2v) is 7.88. The molecule has 3 aromatic rings. The minimum Gasteiger partial charge on any atom is -0.380 e. The standard InChI is InChI=1S/C20H20FN3O2S/c21-19-9-5-4-8-17(19)14-22-18-10-11-20(23-15-18)24-27(25,26)13-12-16-6-2-1-3-7-16/h1-11,15,22H,12-14H2,(H,23,24). The van der Waals surface area contributed by atoms with Crippen molar-refractivity contribution in [3.8, 4) is 0 Å². The van der Waals surface area contributed by atoms with E-state index in [1.54, 1.807) is 30.3 Å². The first-order valence-corrected chi connectivity index (χ1v) is 10.1. The average Bonchev–Trinajstić information content (AvgIpc) is 2.68. The number of anilines is 2. The summed E-state index contributed by atoms with van der Waals surface area (Å²) >= 11 is 0. The number of aryl methyl sites for hydroxylation is 1. The SMILES string of the molecule is O=S(=O)(CCc1ccccc1)Nc1ccc(NCc2ccccc2F)cn1. The van der Waals surface area contributed by atoms with Gasteiger partial charge in [-0.25, -0.2) is 17.8 Å². The van der Waals surface area contributed by atoms with Gasteiger partial charge >= 0.3 is 0 Å². The molecule has 0 atom stereocenters. The van der Waals surface area contributed by atoms with Gasteiger partial charge < -0.3 is 5.32 Å². The van der Waals surface area contributed by atoms with E-state index in [0.717, 1.165) is 5.56 Å². The number of hydrogen-bond donors (Lipinski definition) is 2. The highest BCUT2D eigenvalue weighted by Crippen LogP contribution is 2.14. The molecule has 0 amide bonds. The van der Waals surface area contributed by atoms with E-state index in [1.165, 1.54) is 12.3 Å². The Hall–Kier alpha value is -2.93. The Labute approximate surface area is 158 Å². The second kappa shape index (κ2) is 8.64. The summed E-state index contributed by atoms with van der Waals surface area (Å²) in [4.78, 5) is 4.11. The molecule has 0 aliphatic heterocycles. The first-order valence-electron chi connectivity index (χ1n) is 8.49. The molecule has 0 bridgehead atoms. The molecule has 0 saturated carbocycles. The van der Waals surface area contributed by atoms with E-state index < -0.39 is 10.0 Å². The maximum atomic E-state index is 13.6. The summed E-state index contributed by atoms with van der Waals surface area (Å²) in [6, 6.07) is 19.2. The predicted molar refractivity (Wildman–Crippen MR) is 106 cm³/mol. The zero-order valence-corrected chi connectivity index (χ0v) is 15.4. The lowest BCUT2D eigenvalue weighted by atomic mass is 10.2. The minimum atomic E-state index is -3.49. The Morgan fingerprint density at radius 2 is 1.67 bits per heavy atom. The van der Waals surface area contributed by atoms with E-state index in [2.05, 4.69) is 15.0 Å². The van der Waals surface area contributed by atoms with Gasteiger partial charge in [0.15, 0.2) is 0 Å². The molecule has 3 rings (SSSR count). The maximum Gasteiger partial charge on any atom is 0.234 e. The van der Waals surface area contributed by atoms with E-state index in [4.69, 9.17) is 0 Å². The first-order chi connectivity index (χ1) is 13.0. The quantitative estimate of drug-likeness (QED) is 0.618. The maximum absolute atomic E-state index is 13.6. The zero-order valence-electron chi connectivity index (χ0n) is 14.6. The number of aromatic nitrogens is 1. The van der Waals surface area contributed by atoms with Crippen molar-refractivity contribution < 1.29 is 12.8 Å². The highest BCUT2D eigenvalue weighted by atomic mass is 32.2. The number of rotatable bonds is 8. The molecule has 27 heavy (non-hydrogen) atoms. The van der Waals surface area contributed by atoms with E-state index >= 15 is 0 Å². The van der Waals surface area contributed by atoms with Gasteiger partial charge in [0.05, 0.1) is 17.6 Å². The van der Waals surface area contributed by atoms with Crippen molar-refractivity contribution in [1.82, 2.24) is 4.98 Å². The van der Waals surface area contributed by atoms with E-state index in [1.807, 2.05) is 30.3 Å². The van der Waals surface area contributed by atoms with Crippen LogP contribution in [0.25, 0.3) is 0 Å². The number of benzene rings is 2. The fourth-order valence-electron chi connectivity index (χ4n) is 2.51. The summed E-state index contributed by atoms with van der Waals surface area (Å²) in [5.74, 6) is -0.0494. The third kappa shape index (κ3) is 5.79. The third-order valence-corrected chi connectivity index (χ3v) is 5.23. The van der Waals surface area contributed by atoms with Gasteiger partial charge in [0.25, 0.3) is 0 Å². The predicted octanol–water partition coefficient (Wildman–Crippen LogP) is 3.82. The van der Waals surface area contributed by atoms with Crippen LogP contribution in [0.2, 0.25) is 0 Å². The van der Waals surface area contributed by atoms with Crippen LogP contribution in [0.5, 0.6) is 0 Å². The lowest BCUT2D eigenvalue weighted by Crippen LogP contribution is -2.18. The van der Waals surface area contributed by atoms with Crippen LogP contribution in [-0.2, 0) is 23.0 Å². The normalized spacial score (nSPS) is 11.1. The topological polar surface area (TPSA) is 71.1 Å². The summed E-state index contributed by atoms with van der Waals surface area (Å²) in [7, 11) is -3.49. The molecule has 1 aromatic heterocycles. The average molecular weight is 385 g/mol. The van der Waals surface area contributed by atoms with E-state index in [0.29, 0.717) is 24.2 Å². The molecule has 2 aromatic carbocycles. The Morgan fingerprint density at radius 1 is 0.926 bits per heavy atom. The van der Waals surface area contributed by atoms with Crippen molar-refractivity contribution in [1.29, 1.82) is 0 Å². The molecule has 0 radical (unpaired) electrons. The number of nitrogens with zero attached hydrogens (tertiary/aromatic N) is 1. The lowest BCUT2D eigenvalue weighted by Gasteiger charge is -2.10. The van der Waals surface area contributed by atoms with Crippen LogP contribution < -0.4 is 10.0 Å². The van der Waals surface area contributed by atoms with Gasteiger partial charge in [-0.15, -0.1) is 0 Å². The van der Waals surface area contributed by atoms with Crippen LogP contribution in [0, 0.1) is 5.82 Å². The van der Waals surface area contributed by atoms with Gasteiger partial charge in [-0.1, -0.05) is 48.5 Å². The zero-order chi connectivity index (χ0) is 19.1. The first kappa shape index (κ1) is 18.8. The minimum absolute atomic E-state index is 0.0218. The van der Waals surface area contributed by atoms with Gasteiger partial charge in [-0.2, -0.15) is 0 Å². The molecule has 0 aliphatic carbocycles. The molecule has 0 saturated heterocycles. The molecule has 7 heteroatoms. The molecule has 2 N–H and O–H groups in total. The number of halogens is 1. The Bertz CT molecular complexity index is 978. The van der Waals surface area contributed by atoms with Crippen molar-refractivity contribution >= 4 is 21.5 Å². The molecular weight excluding hydrogens is 365 g/mol. The van der Waals surface area contributed by atoms with Crippen LogP contribution in [0.4, 0.5) is 15.9 Å². The van der Waals surface area contributed by atoms with Crippen LogP contribution in [0.15, 0.2) is 72.9 Å². The van der Waals surface area contributed by atoms with Gasteiger partial charge in [-0.3, -0.25) is 4.72 Å². The summed E-state index contributed by atoms with van der Waals surface area (Å²) < 4.78 is 40.5. The van der Waals surface area contributed by atoms with Crippen molar-refractivity contribution in [2.45, 2.75) is 13.0 Å². The van der Waals surface area contributed by atoms with Crippen LogP contribution in [0.3, 0.4) is 0 Å². The molecular formula is C20H20FN3O2S. The second-order valence-electron chi connectivity index (χ2n) is 6.03. The summed E-state index contributed by atoms with van der Waals surface area (Å²) in [6.07, 6.45) is 1.94. The highest BCUT2D eigenvalue weighted by Gasteiger charge is 2.11. The summed E-state index contributed by atoms with van der Waals surface area (Å²) in [5.41, 5.74) is 2.18. The Kier molecular flexibility index (Phi) is 6.03. The van der Waals surface area contributed by atoms with Gasteiger partial charge in [0, 0.05) is 12.1 Å². The largest absolute Gasteiger partial charge is 0.380 e. The number of pyridine rings is 1. The van der Waals surface area contributed by atoms with Crippen molar-refractivity contribution in [2.75, 3.05) is 15.8 Å². The van der Waals surface area contributed by atoms with Crippen LogP contribution in [0.1, 0.15) is 11.1 Å².